The van der Waals surface area contributed by atoms with Gasteiger partial charge in [-0.05, 0) is 68.8 Å². The molecule has 0 aromatic heterocycles. The van der Waals surface area contributed by atoms with Crippen LogP contribution in [0.3, 0.4) is 0 Å². The number of ether oxygens (including phenoxy) is 8. The van der Waals surface area contributed by atoms with Crippen molar-refractivity contribution in [2.45, 2.75) is 39.6 Å². The third-order valence-corrected chi connectivity index (χ3v) is 13.7. The lowest BCUT2D eigenvalue weighted by atomic mass is 9.83. The maximum atomic E-state index is 16.2. The Kier molecular flexibility index (Phi) is 18.6. The Morgan fingerprint density at radius 1 is 0.291 bits per heavy atom. The summed E-state index contributed by atoms with van der Waals surface area (Å²) in [7, 11) is 2.02. The van der Waals surface area contributed by atoms with Crippen LogP contribution < -0.4 is 28.4 Å². The van der Waals surface area contributed by atoms with E-state index in [9.17, 15) is 0 Å². The Balaban J connectivity index is 1.47. The summed E-state index contributed by atoms with van der Waals surface area (Å²) in [5.41, 5.74) is -1.14. The molecule has 0 spiro atoms. The highest BCUT2D eigenvalue weighted by molar-refractivity contribution is 6.16. The van der Waals surface area contributed by atoms with Crippen LogP contribution in [-0.2, 0) is 49.1 Å². The van der Waals surface area contributed by atoms with Crippen LogP contribution in [0.1, 0.15) is 54.1 Å². The van der Waals surface area contributed by atoms with Crippen molar-refractivity contribution in [3.05, 3.63) is 286 Å². The molecule has 0 amide bonds. The van der Waals surface area contributed by atoms with Gasteiger partial charge < -0.3 is 37.9 Å². The first-order valence-electron chi connectivity index (χ1n) is 26.9. The van der Waals surface area contributed by atoms with Crippen molar-refractivity contribution >= 4 is 11.9 Å². The maximum Gasteiger partial charge on any atom is 0.339 e. The minimum atomic E-state index is -1.86. The zero-order valence-electron chi connectivity index (χ0n) is 46.2. The fourth-order valence-corrected chi connectivity index (χ4v) is 9.60. The molecule has 0 heterocycles. The van der Waals surface area contributed by atoms with Crippen LogP contribution in [0.15, 0.2) is 206 Å². The Labute approximate surface area is 491 Å². The minimum absolute atomic E-state index is 0.300. The van der Waals surface area contributed by atoms with Crippen molar-refractivity contribution in [1.82, 2.24) is 0 Å². The van der Waals surface area contributed by atoms with Crippen molar-refractivity contribution in [3.63, 3.8) is 0 Å². The highest BCUT2D eigenvalue weighted by atomic mass is 19.2. The highest BCUT2D eigenvalue weighted by Crippen LogP contribution is 2.61. The fraction of sp³-hybridized carbons (Fsp3) is 0.114. The summed E-state index contributed by atoms with van der Waals surface area (Å²) >= 11 is 0. The summed E-state index contributed by atoms with van der Waals surface area (Å²) in [4.78, 5) is 31.3. The van der Waals surface area contributed by atoms with Gasteiger partial charge in [0.05, 0.1) is 25.3 Å². The monoisotopic (exact) mass is 1170 g/mol. The van der Waals surface area contributed by atoms with Gasteiger partial charge in [0.2, 0.25) is 11.5 Å². The van der Waals surface area contributed by atoms with Gasteiger partial charge in [0, 0.05) is 22.3 Å². The lowest BCUT2D eigenvalue weighted by molar-refractivity contribution is 0.0589. The van der Waals surface area contributed by atoms with E-state index in [1.807, 2.05) is 0 Å². The van der Waals surface area contributed by atoms with Gasteiger partial charge in [-0.2, -0.15) is 0 Å². The third-order valence-electron chi connectivity index (χ3n) is 13.7. The maximum absolute atomic E-state index is 16.2. The van der Waals surface area contributed by atoms with Crippen molar-refractivity contribution in [3.8, 4) is 67.9 Å². The van der Waals surface area contributed by atoms with Crippen LogP contribution in [0.2, 0.25) is 0 Å². The van der Waals surface area contributed by atoms with E-state index >= 15 is 35.9 Å². The Hall–Kier alpha value is -10.5. The molecule has 0 aliphatic heterocycles. The van der Waals surface area contributed by atoms with E-state index in [0.717, 1.165) is 14.2 Å². The molecular weight excluding hydrogens is 1110 g/mol. The second-order valence-electron chi connectivity index (χ2n) is 19.4. The smallest absolute Gasteiger partial charge is 0.339 e. The van der Waals surface area contributed by atoms with Crippen molar-refractivity contribution in [2.24, 2.45) is 0 Å². The Morgan fingerprint density at radius 3 is 0.698 bits per heavy atom. The van der Waals surface area contributed by atoms with E-state index in [2.05, 4.69) is 0 Å². The number of carbonyl (C=O) groups excluding carboxylic acids is 2. The lowest BCUT2D eigenvalue weighted by Crippen LogP contribution is -2.17. The Bertz CT molecular complexity index is 3700. The van der Waals surface area contributed by atoms with Crippen LogP contribution in [0.25, 0.3) is 33.4 Å². The first-order chi connectivity index (χ1) is 41.9. The molecule has 10 aromatic carbocycles. The number of halogens is 6. The van der Waals surface area contributed by atoms with Gasteiger partial charge in [-0.3, -0.25) is 0 Å². The van der Waals surface area contributed by atoms with E-state index < -0.39 is 114 Å². The van der Waals surface area contributed by atoms with E-state index in [1.165, 1.54) is 0 Å². The summed E-state index contributed by atoms with van der Waals surface area (Å²) in [6.07, 6.45) is 0. The molecule has 0 aliphatic carbocycles. The molecule has 434 valence electrons. The number of hydrogen-bond acceptors (Lipinski definition) is 10. The number of methoxy groups -OCH3 is 2. The first kappa shape index (κ1) is 58.7. The summed E-state index contributed by atoms with van der Waals surface area (Å²) in [6, 6.07) is 54.8. The van der Waals surface area contributed by atoms with Gasteiger partial charge >= 0.3 is 11.9 Å². The average molecular weight is 1170 g/mol. The van der Waals surface area contributed by atoms with Gasteiger partial charge in [-0.25, -0.2) is 35.9 Å². The van der Waals surface area contributed by atoms with Gasteiger partial charge in [0.15, 0.2) is 57.9 Å². The molecule has 0 bridgehead atoms. The largest absolute Gasteiger partial charge is 0.484 e. The van der Waals surface area contributed by atoms with E-state index in [-0.39, 0.29) is 51.1 Å². The normalized spacial score (nSPS) is 10.9. The van der Waals surface area contributed by atoms with Crippen LogP contribution in [-0.4, -0.2) is 26.2 Å². The molecular formula is C70H52F6O10. The predicted molar refractivity (Wildman–Crippen MR) is 310 cm³/mol. The van der Waals surface area contributed by atoms with Gasteiger partial charge in [0.1, 0.15) is 39.6 Å². The standard InChI is InChI=1S/C70H52F6O10/c1-79-69(77)59-55(49-33-51(71)61(75)52(72)34-49)63(81-37-43-21-9-3-10-22-43)67(85-41-47-29-17-7-18-30-47)65(83-39-45-25-13-5-14-26-45)57(59)58-60(70(78)80-2)56(50-35-53(73)62(76)54(74)36-50)64(82-38-44-23-11-4-12-24-44)68(86-42-48-31-19-8-20-32-48)66(58)84-40-46-27-15-6-16-28-46/h3-36H,37-42H2,1-2H3. The van der Waals surface area contributed by atoms with Crippen LogP contribution in [0.4, 0.5) is 26.3 Å². The van der Waals surface area contributed by atoms with E-state index in [0.29, 0.717) is 57.6 Å². The third kappa shape index (κ3) is 13.1. The van der Waals surface area contributed by atoms with E-state index in [1.54, 1.807) is 182 Å². The number of rotatable bonds is 23. The molecule has 0 saturated heterocycles. The number of hydrogen-bond donors (Lipinski definition) is 0. The van der Waals surface area contributed by atoms with Gasteiger partial charge in [-0.1, -0.05) is 182 Å². The number of benzene rings is 10. The lowest BCUT2D eigenvalue weighted by Gasteiger charge is -2.30. The quantitative estimate of drug-likeness (QED) is 0.0349. The molecule has 0 radical (unpaired) electrons. The molecule has 0 atom stereocenters. The fourth-order valence-electron chi connectivity index (χ4n) is 9.60. The second-order valence-corrected chi connectivity index (χ2v) is 19.4. The van der Waals surface area contributed by atoms with Crippen molar-refractivity contribution in [1.29, 1.82) is 0 Å². The summed E-state index contributed by atoms with van der Waals surface area (Å²) in [5, 5.41) is 0. The van der Waals surface area contributed by atoms with Gasteiger partial charge in [0.25, 0.3) is 0 Å². The SMILES string of the molecule is COC(=O)c1c(-c2cc(F)c(F)c(F)c2)c(OCc2ccccc2)c(OCc2ccccc2)c(OCc2ccccc2)c1-c1c(OCc2ccccc2)c(OCc2ccccc2)c(OCc2ccccc2)c(-c2cc(F)c(F)c(F)c2)c1C(=O)OC. The Morgan fingerprint density at radius 2 is 0.488 bits per heavy atom. The molecule has 10 nitrogen and oxygen atoms in total. The molecule has 0 saturated carbocycles. The first-order valence-corrected chi connectivity index (χ1v) is 26.9. The van der Waals surface area contributed by atoms with Crippen LogP contribution in [0, 0.1) is 34.9 Å². The van der Waals surface area contributed by atoms with Crippen molar-refractivity contribution in [2.75, 3.05) is 14.2 Å². The van der Waals surface area contributed by atoms with Crippen molar-refractivity contribution < 1.29 is 73.8 Å². The molecule has 0 aliphatic rings. The molecule has 10 aromatic rings. The molecule has 0 unspecified atom stereocenters. The summed E-state index contributed by atoms with van der Waals surface area (Å²) in [5.74, 6) is -15.5. The summed E-state index contributed by atoms with van der Waals surface area (Å²) in [6.45, 7) is -1.92. The molecule has 10 rings (SSSR count). The van der Waals surface area contributed by atoms with Crippen LogP contribution >= 0.6 is 0 Å². The second kappa shape index (κ2) is 27.3. The molecule has 16 heteroatoms. The zero-order valence-corrected chi connectivity index (χ0v) is 46.2. The average Bonchev–Trinajstić information content (AvgIpc) is 1.17. The highest BCUT2D eigenvalue weighted by Gasteiger charge is 2.42. The number of esters is 2. The van der Waals surface area contributed by atoms with E-state index in [4.69, 9.17) is 37.9 Å². The van der Waals surface area contributed by atoms with Gasteiger partial charge in [-0.15, -0.1) is 0 Å². The minimum Gasteiger partial charge on any atom is -0.484 e. The predicted octanol–water partition coefficient (Wildman–Crippen LogP) is 16.6. The molecule has 0 fully saturated rings. The zero-order chi connectivity index (χ0) is 60.1. The topological polar surface area (TPSA) is 108 Å². The number of carbonyl (C=O) groups is 2. The molecule has 0 N–H and O–H groups in total. The summed E-state index contributed by atoms with van der Waals surface area (Å²) < 4.78 is 148. The molecule has 86 heavy (non-hydrogen) atoms. The van der Waals surface area contributed by atoms with Crippen LogP contribution in [0.5, 0.6) is 34.5 Å².